The summed E-state index contributed by atoms with van der Waals surface area (Å²) in [6.45, 7) is 3.41. The zero-order chi connectivity index (χ0) is 11.8. The van der Waals surface area contributed by atoms with Gasteiger partial charge in [0.05, 0.1) is 5.56 Å². The van der Waals surface area contributed by atoms with Crippen molar-refractivity contribution in [1.82, 2.24) is 0 Å². The maximum absolute atomic E-state index is 11.6. The molecule has 84 valence electrons. The van der Waals surface area contributed by atoms with Gasteiger partial charge in [-0.25, -0.2) is 4.79 Å². The van der Waals surface area contributed by atoms with Gasteiger partial charge < -0.3 is 9.53 Å². The molecule has 2 rings (SSSR count). The Morgan fingerprint density at radius 3 is 2.75 bits per heavy atom. The minimum atomic E-state index is -0.640. The zero-order valence-corrected chi connectivity index (χ0v) is 9.45. The van der Waals surface area contributed by atoms with Crippen LogP contribution in [0.1, 0.15) is 42.6 Å². The van der Waals surface area contributed by atoms with Gasteiger partial charge in [-0.1, -0.05) is 18.2 Å². The Morgan fingerprint density at radius 1 is 1.38 bits per heavy atom. The number of carbonyl (C=O) groups excluding carboxylic acids is 2. The highest BCUT2D eigenvalue weighted by molar-refractivity contribution is 5.94. The summed E-state index contributed by atoms with van der Waals surface area (Å²) in [6.07, 6.45) is 0.975. The summed E-state index contributed by atoms with van der Waals surface area (Å²) in [6, 6.07) is 7.35. The van der Waals surface area contributed by atoms with E-state index in [0.717, 1.165) is 5.56 Å². The molecule has 0 spiro atoms. The van der Waals surface area contributed by atoms with Crippen LogP contribution in [-0.4, -0.2) is 11.8 Å². The molecule has 16 heavy (non-hydrogen) atoms. The number of hydrogen-bond donors (Lipinski definition) is 0. The van der Waals surface area contributed by atoms with Crippen LogP contribution in [0.25, 0.3) is 0 Å². The van der Waals surface area contributed by atoms with Crippen molar-refractivity contribution in [1.29, 1.82) is 0 Å². The Bertz CT molecular complexity index is 450. The molecular weight excluding hydrogens is 204 g/mol. The predicted molar refractivity (Wildman–Crippen MR) is 59.1 cm³/mol. The number of ketones is 1. The SMILES string of the molecule is CC(=O)CCC1(C)OC(=O)c2ccccc21. The van der Waals surface area contributed by atoms with Crippen molar-refractivity contribution in [3.63, 3.8) is 0 Å². The number of rotatable bonds is 3. The lowest BCUT2D eigenvalue weighted by Gasteiger charge is -2.23. The van der Waals surface area contributed by atoms with Crippen molar-refractivity contribution in [2.24, 2.45) is 0 Å². The fourth-order valence-corrected chi connectivity index (χ4v) is 2.04. The first kappa shape index (κ1) is 10.9. The predicted octanol–water partition coefficient (Wildman–Crippen LogP) is 2.44. The lowest BCUT2D eigenvalue weighted by molar-refractivity contribution is -0.118. The molecule has 0 amide bonds. The third-order valence-corrected chi connectivity index (χ3v) is 2.99. The van der Waals surface area contributed by atoms with E-state index < -0.39 is 5.60 Å². The largest absolute Gasteiger partial charge is 0.451 e. The van der Waals surface area contributed by atoms with Crippen LogP contribution in [0.5, 0.6) is 0 Å². The molecule has 1 aromatic carbocycles. The van der Waals surface area contributed by atoms with Gasteiger partial charge in [-0.2, -0.15) is 0 Å². The van der Waals surface area contributed by atoms with Gasteiger partial charge in [-0.3, -0.25) is 0 Å². The molecule has 0 saturated carbocycles. The smallest absolute Gasteiger partial charge is 0.339 e. The first-order chi connectivity index (χ1) is 7.53. The van der Waals surface area contributed by atoms with Crippen molar-refractivity contribution in [2.45, 2.75) is 32.3 Å². The second-order valence-electron chi connectivity index (χ2n) is 4.37. The van der Waals surface area contributed by atoms with E-state index in [1.54, 1.807) is 13.0 Å². The summed E-state index contributed by atoms with van der Waals surface area (Å²) in [4.78, 5) is 22.6. The van der Waals surface area contributed by atoms with Crippen LogP contribution in [0.15, 0.2) is 24.3 Å². The molecule has 0 bridgehead atoms. The number of hydrogen-bond acceptors (Lipinski definition) is 3. The summed E-state index contributed by atoms with van der Waals surface area (Å²) in [5, 5.41) is 0. The standard InChI is InChI=1S/C13H14O3/c1-9(14)7-8-13(2)11-6-4-3-5-10(11)12(15)16-13/h3-6H,7-8H2,1-2H3. The van der Waals surface area contributed by atoms with E-state index in [0.29, 0.717) is 18.4 Å². The minimum absolute atomic E-state index is 0.113. The highest BCUT2D eigenvalue weighted by Crippen LogP contribution is 2.39. The van der Waals surface area contributed by atoms with Crippen molar-refractivity contribution in [3.8, 4) is 0 Å². The van der Waals surface area contributed by atoms with Crippen LogP contribution < -0.4 is 0 Å². The Kier molecular flexibility index (Phi) is 2.54. The molecule has 0 N–H and O–H groups in total. The summed E-state index contributed by atoms with van der Waals surface area (Å²) < 4.78 is 5.38. The number of cyclic esters (lactones) is 1. The monoisotopic (exact) mass is 218 g/mol. The molecule has 0 radical (unpaired) electrons. The van der Waals surface area contributed by atoms with Gasteiger partial charge in [-0.15, -0.1) is 0 Å². The van der Waals surface area contributed by atoms with Gasteiger partial charge >= 0.3 is 5.97 Å². The van der Waals surface area contributed by atoms with Crippen molar-refractivity contribution < 1.29 is 14.3 Å². The second kappa shape index (κ2) is 3.74. The Morgan fingerprint density at radius 2 is 2.06 bits per heavy atom. The first-order valence-corrected chi connectivity index (χ1v) is 5.35. The van der Waals surface area contributed by atoms with Crippen molar-refractivity contribution >= 4 is 11.8 Å². The molecule has 1 heterocycles. The number of Topliss-reactive ketones (excluding diaryl/α,β-unsaturated/α-hetero) is 1. The maximum atomic E-state index is 11.6. The third-order valence-electron chi connectivity index (χ3n) is 2.99. The molecular formula is C13H14O3. The number of fused-ring (bicyclic) bond motifs is 1. The van der Waals surface area contributed by atoms with Gasteiger partial charge in [0, 0.05) is 12.0 Å². The van der Waals surface area contributed by atoms with Crippen molar-refractivity contribution in [3.05, 3.63) is 35.4 Å². The van der Waals surface area contributed by atoms with Crippen molar-refractivity contribution in [2.75, 3.05) is 0 Å². The molecule has 0 saturated heterocycles. The third kappa shape index (κ3) is 1.73. The van der Waals surface area contributed by atoms with Gasteiger partial charge in [0.15, 0.2) is 0 Å². The zero-order valence-electron chi connectivity index (χ0n) is 9.45. The Balaban J connectivity index is 2.31. The van der Waals surface area contributed by atoms with E-state index in [4.69, 9.17) is 4.74 Å². The maximum Gasteiger partial charge on any atom is 0.339 e. The second-order valence-corrected chi connectivity index (χ2v) is 4.37. The van der Waals surface area contributed by atoms with E-state index in [9.17, 15) is 9.59 Å². The van der Waals surface area contributed by atoms with Crippen LogP contribution in [0.4, 0.5) is 0 Å². The van der Waals surface area contributed by atoms with Crippen LogP contribution >= 0.6 is 0 Å². The molecule has 1 atom stereocenters. The molecule has 1 unspecified atom stereocenters. The number of esters is 1. The molecule has 1 aliphatic rings. The first-order valence-electron chi connectivity index (χ1n) is 5.35. The molecule has 1 aromatic rings. The molecule has 0 fully saturated rings. The summed E-state index contributed by atoms with van der Waals surface area (Å²) in [5.74, 6) is -0.177. The highest BCUT2D eigenvalue weighted by Gasteiger charge is 2.40. The van der Waals surface area contributed by atoms with Gasteiger partial charge in [0.25, 0.3) is 0 Å². The van der Waals surface area contributed by atoms with E-state index in [1.807, 2.05) is 25.1 Å². The molecule has 1 aliphatic heterocycles. The van der Waals surface area contributed by atoms with Gasteiger partial charge in [0.2, 0.25) is 0 Å². The summed E-state index contributed by atoms with van der Waals surface area (Å²) in [7, 11) is 0. The molecule has 3 heteroatoms. The van der Waals surface area contributed by atoms with E-state index in [-0.39, 0.29) is 11.8 Å². The molecule has 0 aliphatic carbocycles. The minimum Gasteiger partial charge on any atom is -0.451 e. The lowest BCUT2D eigenvalue weighted by atomic mass is 9.89. The van der Waals surface area contributed by atoms with Gasteiger partial charge in [0.1, 0.15) is 11.4 Å². The van der Waals surface area contributed by atoms with Crippen LogP contribution in [-0.2, 0) is 15.1 Å². The fraction of sp³-hybridized carbons (Fsp3) is 0.385. The van der Waals surface area contributed by atoms with E-state index >= 15 is 0 Å². The highest BCUT2D eigenvalue weighted by atomic mass is 16.6. The van der Waals surface area contributed by atoms with E-state index in [2.05, 4.69) is 0 Å². The van der Waals surface area contributed by atoms with Crippen LogP contribution in [0, 0.1) is 0 Å². The average molecular weight is 218 g/mol. The normalized spacial score (nSPS) is 22.8. The van der Waals surface area contributed by atoms with E-state index in [1.165, 1.54) is 0 Å². The molecule has 3 nitrogen and oxygen atoms in total. The Labute approximate surface area is 94.4 Å². The number of benzene rings is 1. The fourth-order valence-electron chi connectivity index (χ4n) is 2.04. The summed E-state index contributed by atoms with van der Waals surface area (Å²) in [5.41, 5.74) is 0.870. The number of carbonyl (C=O) groups is 2. The average Bonchev–Trinajstić information content (AvgIpc) is 2.51. The Hall–Kier alpha value is -1.64. The molecule has 0 aromatic heterocycles. The van der Waals surface area contributed by atoms with Crippen LogP contribution in [0.2, 0.25) is 0 Å². The van der Waals surface area contributed by atoms with Gasteiger partial charge in [-0.05, 0) is 26.3 Å². The number of ether oxygens (including phenoxy) is 1. The van der Waals surface area contributed by atoms with Crippen LogP contribution in [0.3, 0.4) is 0 Å². The lowest BCUT2D eigenvalue weighted by Crippen LogP contribution is -2.22. The topological polar surface area (TPSA) is 43.4 Å². The quantitative estimate of drug-likeness (QED) is 0.732. The summed E-state index contributed by atoms with van der Waals surface area (Å²) >= 11 is 0.